The summed E-state index contributed by atoms with van der Waals surface area (Å²) in [5.74, 6) is 0. The number of hydrogen-bond acceptors (Lipinski definition) is 4. The normalized spacial score (nSPS) is 15.8. The molecule has 0 radical (unpaired) electrons. The maximum Gasteiger partial charge on any atom is 0.186 e. The van der Waals surface area contributed by atoms with E-state index >= 15 is 0 Å². The molecule has 4 rings (SSSR count). The number of hydrogen-bond donors (Lipinski definition) is 2. The molecule has 1 aliphatic heterocycles. The second-order valence-electron chi connectivity index (χ2n) is 6.93. The van der Waals surface area contributed by atoms with E-state index in [9.17, 15) is 0 Å². The molecule has 150 valence electrons. The number of nitrogens with zero attached hydrogens (tertiary/aromatic N) is 3. The lowest BCUT2D eigenvalue weighted by molar-refractivity contribution is 0.709. The van der Waals surface area contributed by atoms with Gasteiger partial charge in [-0.15, -0.1) is 0 Å². The second kappa shape index (κ2) is 9.33. The third-order valence-corrected chi connectivity index (χ3v) is 5.26. The highest BCUT2D eigenvalue weighted by Gasteiger charge is 2.29. The van der Waals surface area contributed by atoms with Crippen molar-refractivity contribution in [3.63, 3.8) is 0 Å². The van der Waals surface area contributed by atoms with Crippen LogP contribution in [0.5, 0.6) is 0 Å². The zero-order valence-electron chi connectivity index (χ0n) is 16.7. The molecule has 0 unspecified atom stereocenters. The average molecular weight is 414 g/mol. The lowest BCUT2D eigenvalue weighted by atomic mass is 9.98. The molecule has 0 bridgehead atoms. The Morgan fingerprint density at radius 1 is 1.00 bits per heavy atom. The molecule has 0 saturated carbocycles. The molecule has 1 heterocycles. The molecule has 0 fully saturated rings. The monoisotopic (exact) mass is 413 g/mol. The highest BCUT2D eigenvalue weighted by Crippen LogP contribution is 2.36. The summed E-state index contributed by atoms with van der Waals surface area (Å²) >= 11 is 5.02. The van der Waals surface area contributed by atoms with Gasteiger partial charge >= 0.3 is 0 Å². The molecule has 3 aromatic carbocycles. The summed E-state index contributed by atoms with van der Waals surface area (Å²) in [6.45, 7) is 0. The molecule has 2 N–H and O–H groups in total. The number of benzene rings is 3. The molecule has 0 amide bonds. The minimum Gasteiger partial charge on any atom is -0.364 e. The van der Waals surface area contributed by atoms with Crippen LogP contribution in [0.3, 0.4) is 0 Å². The first-order valence-electron chi connectivity index (χ1n) is 9.82. The largest absolute Gasteiger partial charge is 0.364 e. The van der Waals surface area contributed by atoms with E-state index in [-0.39, 0.29) is 6.04 Å². The van der Waals surface area contributed by atoms with E-state index in [1.54, 1.807) is 13.3 Å². The van der Waals surface area contributed by atoms with Gasteiger partial charge in [0.1, 0.15) is 0 Å². The molecule has 1 atom stereocenters. The van der Waals surface area contributed by atoms with E-state index in [0.29, 0.717) is 5.11 Å². The standard InChI is InChI=1S/C24H23N5S/c1-25-24(30)27-26-17-18-12-14-21(15-13-18)29-23(20-10-6-3-7-11-20)16-22(28-29)19-8-4-2-5-9-19/h2-15,17,23H,16H2,1H3,(H2,25,27,30)/b26-17-/t23-/m1/s1. The average Bonchev–Trinajstić information content (AvgIpc) is 3.26. The van der Waals surface area contributed by atoms with Crippen molar-refractivity contribution in [2.75, 3.05) is 12.1 Å². The number of nitrogens with one attached hydrogen (secondary N) is 2. The third-order valence-electron chi connectivity index (χ3n) is 4.97. The lowest BCUT2D eigenvalue weighted by Gasteiger charge is -2.24. The Kier molecular flexibility index (Phi) is 6.15. The minimum absolute atomic E-state index is 0.163. The van der Waals surface area contributed by atoms with Crippen LogP contribution in [0, 0.1) is 0 Å². The van der Waals surface area contributed by atoms with Gasteiger partial charge in [-0.2, -0.15) is 10.2 Å². The lowest BCUT2D eigenvalue weighted by Crippen LogP contribution is -2.28. The maximum absolute atomic E-state index is 5.02. The summed E-state index contributed by atoms with van der Waals surface area (Å²) in [6.07, 6.45) is 2.60. The Morgan fingerprint density at radius 3 is 2.33 bits per heavy atom. The van der Waals surface area contributed by atoms with Crippen molar-refractivity contribution in [3.8, 4) is 0 Å². The van der Waals surface area contributed by atoms with Crippen molar-refractivity contribution < 1.29 is 0 Å². The number of thiocarbonyl (C=S) groups is 1. The van der Waals surface area contributed by atoms with Gasteiger partial charge in [-0.1, -0.05) is 72.8 Å². The fraction of sp³-hybridized carbons (Fsp3) is 0.125. The summed E-state index contributed by atoms with van der Waals surface area (Å²) in [4.78, 5) is 0. The molecule has 3 aromatic rings. The Labute approximate surface area is 182 Å². The van der Waals surface area contributed by atoms with Gasteiger partial charge in [-0.25, -0.2) is 0 Å². The quantitative estimate of drug-likeness (QED) is 0.368. The highest BCUT2D eigenvalue weighted by molar-refractivity contribution is 7.80. The fourth-order valence-corrected chi connectivity index (χ4v) is 3.48. The number of anilines is 1. The summed E-state index contributed by atoms with van der Waals surface area (Å²) in [5, 5.41) is 14.5. The van der Waals surface area contributed by atoms with Crippen LogP contribution in [-0.2, 0) is 0 Å². The van der Waals surface area contributed by atoms with Crippen LogP contribution in [0.25, 0.3) is 0 Å². The van der Waals surface area contributed by atoms with Gasteiger partial charge in [0.15, 0.2) is 5.11 Å². The first kappa shape index (κ1) is 19.8. The highest BCUT2D eigenvalue weighted by atomic mass is 32.1. The molecule has 0 aromatic heterocycles. The van der Waals surface area contributed by atoms with Gasteiger partial charge in [0.2, 0.25) is 0 Å². The van der Waals surface area contributed by atoms with Crippen LogP contribution in [0.4, 0.5) is 5.69 Å². The molecule has 5 nitrogen and oxygen atoms in total. The van der Waals surface area contributed by atoms with Crippen LogP contribution in [0.15, 0.2) is 95.1 Å². The molecule has 0 spiro atoms. The zero-order valence-corrected chi connectivity index (χ0v) is 17.5. The van der Waals surface area contributed by atoms with Crippen molar-refractivity contribution in [1.82, 2.24) is 10.7 Å². The van der Waals surface area contributed by atoms with E-state index in [2.05, 4.69) is 81.5 Å². The van der Waals surface area contributed by atoms with Crippen molar-refractivity contribution in [1.29, 1.82) is 0 Å². The predicted molar refractivity (Wildman–Crippen MR) is 128 cm³/mol. The van der Waals surface area contributed by atoms with Crippen molar-refractivity contribution in [2.24, 2.45) is 10.2 Å². The Balaban J connectivity index is 1.60. The smallest absolute Gasteiger partial charge is 0.186 e. The van der Waals surface area contributed by atoms with Gasteiger partial charge in [0, 0.05) is 13.5 Å². The van der Waals surface area contributed by atoms with Gasteiger partial charge in [-0.3, -0.25) is 10.4 Å². The maximum atomic E-state index is 5.02. The SMILES string of the molecule is CNC(=S)N/N=C\c1ccc(N2N=C(c3ccccc3)C[C@@H]2c2ccccc2)cc1. The minimum atomic E-state index is 0.163. The molecular formula is C24H23N5S. The topological polar surface area (TPSA) is 52.0 Å². The molecule has 6 heteroatoms. The van der Waals surface area contributed by atoms with Crippen LogP contribution >= 0.6 is 12.2 Å². The van der Waals surface area contributed by atoms with Crippen LogP contribution < -0.4 is 15.8 Å². The van der Waals surface area contributed by atoms with Crippen LogP contribution in [0.2, 0.25) is 0 Å². The predicted octanol–water partition coefficient (Wildman–Crippen LogP) is 4.47. The van der Waals surface area contributed by atoms with E-state index in [1.165, 1.54) is 5.56 Å². The summed E-state index contributed by atoms with van der Waals surface area (Å²) in [7, 11) is 1.75. The number of hydrazone groups is 2. The first-order chi connectivity index (χ1) is 14.7. The van der Waals surface area contributed by atoms with E-state index in [1.807, 2.05) is 24.3 Å². The third kappa shape index (κ3) is 4.55. The van der Waals surface area contributed by atoms with Gasteiger partial charge in [-0.05, 0) is 41.0 Å². The van der Waals surface area contributed by atoms with E-state index < -0.39 is 0 Å². The van der Waals surface area contributed by atoms with E-state index in [4.69, 9.17) is 17.3 Å². The van der Waals surface area contributed by atoms with Crippen LogP contribution in [0.1, 0.15) is 29.2 Å². The second-order valence-corrected chi connectivity index (χ2v) is 7.34. The summed E-state index contributed by atoms with van der Waals surface area (Å²) in [5.41, 5.74) is 8.30. The fourth-order valence-electron chi connectivity index (χ4n) is 3.42. The Hall–Kier alpha value is -3.51. The molecule has 1 aliphatic rings. The molecule has 0 aliphatic carbocycles. The Morgan fingerprint density at radius 2 is 1.67 bits per heavy atom. The van der Waals surface area contributed by atoms with Gasteiger partial charge in [0.05, 0.1) is 23.7 Å². The van der Waals surface area contributed by atoms with E-state index in [0.717, 1.165) is 28.9 Å². The van der Waals surface area contributed by atoms with Gasteiger partial charge < -0.3 is 5.32 Å². The Bertz CT molecular complexity index is 1050. The first-order valence-corrected chi connectivity index (χ1v) is 10.2. The molecule has 0 saturated heterocycles. The summed E-state index contributed by atoms with van der Waals surface area (Å²) in [6, 6.07) is 29.3. The number of rotatable bonds is 5. The molecular weight excluding hydrogens is 390 g/mol. The van der Waals surface area contributed by atoms with Crippen LogP contribution in [-0.4, -0.2) is 24.1 Å². The molecule has 30 heavy (non-hydrogen) atoms. The van der Waals surface area contributed by atoms with Crippen molar-refractivity contribution in [2.45, 2.75) is 12.5 Å². The summed E-state index contributed by atoms with van der Waals surface area (Å²) < 4.78 is 0. The van der Waals surface area contributed by atoms with Gasteiger partial charge in [0.25, 0.3) is 0 Å². The van der Waals surface area contributed by atoms with Crippen molar-refractivity contribution >= 4 is 34.9 Å². The zero-order chi connectivity index (χ0) is 20.8. The van der Waals surface area contributed by atoms with Crippen molar-refractivity contribution in [3.05, 3.63) is 102 Å².